The number of aromatic amines is 1. The van der Waals surface area contributed by atoms with Crippen LogP contribution in [0.2, 0.25) is 0 Å². The van der Waals surface area contributed by atoms with Gasteiger partial charge in [-0.2, -0.15) is 28.4 Å². The molecular formula is C22H16F5N7O. The molecule has 2 aromatic carbocycles. The van der Waals surface area contributed by atoms with Gasteiger partial charge >= 0.3 is 6.18 Å². The number of alkyl halides is 3. The first-order valence-electron chi connectivity index (χ1n) is 9.94. The summed E-state index contributed by atoms with van der Waals surface area (Å²) < 4.78 is 69.0. The van der Waals surface area contributed by atoms with Crippen LogP contribution in [0.1, 0.15) is 16.1 Å². The van der Waals surface area contributed by atoms with Crippen LogP contribution in [0.25, 0.3) is 11.3 Å². The summed E-state index contributed by atoms with van der Waals surface area (Å²) in [5.74, 6) is -2.92. The predicted molar refractivity (Wildman–Crippen MR) is 117 cm³/mol. The number of nitrogens with one attached hydrogen (secondary N) is 3. The first-order valence-corrected chi connectivity index (χ1v) is 9.94. The van der Waals surface area contributed by atoms with E-state index in [1.807, 2.05) is 0 Å². The highest BCUT2D eigenvalue weighted by Gasteiger charge is 2.39. The van der Waals surface area contributed by atoms with Gasteiger partial charge in [0.25, 0.3) is 5.91 Å². The Morgan fingerprint density at radius 1 is 1.06 bits per heavy atom. The Morgan fingerprint density at radius 3 is 2.43 bits per heavy atom. The minimum absolute atomic E-state index is 0.0652. The molecule has 0 aliphatic carbocycles. The van der Waals surface area contributed by atoms with Gasteiger partial charge in [0.15, 0.2) is 11.5 Å². The lowest BCUT2D eigenvalue weighted by Crippen LogP contribution is -2.36. The van der Waals surface area contributed by atoms with E-state index >= 15 is 0 Å². The minimum atomic E-state index is -4.89. The molecule has 4 aromatic rings. The van der Waals surface area contributed by atoms with Crippen molar-refractivity contribution in [3.8, 4) is 11.3 Å². The Labute approximate surface area is 194 Å². The number of amides is 1. The number of aryl methyl sites for hydroxylation is 1. The van der Waals surface area contributed by atoms with Crippen LogP contribution >= 0.6 is 0 Å². The van der Waals surface area contributed by atoms with Gasteiger partial charge in [-0.1, -0.05) is 24.3 Å². The summed E-state index contributed by atoms with van der Waals surface area (Å²) in [4.78, 5) is 16.8. The molecule has 180 valence electrons. The Morgan fingerprint density at radius 2 is 1.74 bits per heavy atom. The number of hydrogen-bond acceptors (Lipinski definition) is 4. The van der Waals surface area contributed by atoms with Crippen LogP contribution in [-0.4, -0.2) is 31.8 Å². The van der Waals surface area contributed by atoms with Crippen LogP contribution in [0, 0.1) is 11.6 Å². The number of benzene rings is 2. The topological polar surface area (TPSA) is 100.0 Å². The smallest absolute Gasteiger partial charge is 0.323 e. The highest BCUT2D eigenvalue weighted by atomic mass is 19.4. The predicted octanol–water partition coefficient (Wildman–Crippen LogP) is 4.64. The zero-order valence-electron chi connectivity index (χ0n) is 17.9. The highest BCUT2D eigenvalue weighted by Crippen LogP contribution is 2.30. The summed E-state index contributed by atoms with van der Waals surface area (Å²) in [7, 11) is 1.23. The maximum Gasteiger partial charge on any atom is 0.435 e. The fourth-order valence-electron chi connectivity index (χ4n) is 3.12. The van der Waals surface area contributed by atoms with Crippen molar-refractivity contribution < 1.29 is 26.7 Å². The number of para-hydroxylation sites is 1. The van der Waals surface area contributed by atoms with Crippen molar-refractivity contribution in [2.75, 3.05) is 5.32 Å². The van der Waals surface area contributed by atoms with Crippen molar-refractivity contribution in [1.29, 1.82) is 0 Å². The Kier molecular flexibility index (Phi) is 6.32. The third kappa shape index (κ3) is 5.34. The number of H-pyrrole nitrogens is 1. The third-order valence-electron chi connectivity index (χ3n) is 4.66. The number of carbonyl (C=O) groups excluding carboxylic acids is 1. The van der Waals surface area contributed by atoms with Gasteiger partial charge in [0.2, 0.25) is 5.96 Å². The second-order valence-corrected chi connectivity index (χ2v) is 7.20. The average Bonchev–Trinajstić information content (AvgIpc) is 3.42. The molecule has 0 atom stereocenters. The second kappa shape index (κ2) is 9.37. The van der Waals surface area contributed by atoms with Crippen LogP contribution in [0.3, 0.4) is 0 Å². The number of carbonyl (C=O) groups is 1. The van der Waals surface area contributed by atoms with Crippen molar-refractivity contribution in [2.45, 2.75) is 6.18 Å². The van der Waals surface area contributed by atoms with E-state index in [0.29, 0.717) is 0 Å². The Balaban J connectivity index is 1.69. The number of aliphatic imine (C=N–C) groups is 1. The normalized spacial score (nSPS) is 12.0. The van der Waals surface area contributed by atoms with E-state index in [-0.39, 0.29) is 22.8 Å². The van der Waals surface area contributed by atoms with Crippen LogP contribution in [0.5, 0.6) is 0 Å². The Hall–Kier alpha value is -4.55. The second-order valence-electron chi connectivity index (χ2n) is 7.20. The Bertz CT molecular complexity index is 1410. The van der Waals surface area contributed by atoms with Crippen molar-refractivity contribution in [3.05, 3.63) is 83.7 Å². The molecule has 1 amide bonds. The number of anilines is 1. The summed E-state index contributed by atoms with van der Waals surface area (Å²) >= 11 is 0. The van der Waals surface area contributed by atoms with Crippen molar-refractivity contribution >= 4 is 23.4 Å². The number of aromatic nitrogens is 4. The van der Waals surface area contributed by atoms with Crippen LogP contribution in [-0.2, 0) is 13.2 Å². The molecule has 8 nitrogen and oxygen atoms in total. The molecule has 0 bridgehead atoms. The molecule has 0 unspecified atom stereocenters. The molecule has 0 radical (unpaired) electrons. The zero-order chi connectivity index (χ0) is 25.2. The van der Waals surface area contributed by atoms with E-state index in [9.17, 15) is 26.7 Å². The van der Waals surface area contributed by atoms with Crippen LogP contribution in [0.15, 0.2) is 65.8 Å². The van der Waals surface area contributed by atoms with E-state index in [1.165, 1.54) is 49.5 Å². The molecule has 4 rings (SSSR count). The molecule has 2 aromatic heterocycles. The summed E-state index contributed by atoms with van der Waals surface area (Å²) in [6.07, 6.45) is -4.00. The van der Waals surface area contributed by atoms with Gasteiger partial charge in [-0.05, 0) is 24.3 Å². The molecule has 0 fully saturated rings. The number of rotatable bonds is 4. The number of nitrogens with zero attached hydrogens (tertiary/aromatic N) is 4. The zero-order valence-corrected chi connectivity index (χ0v) is 17.9. The minimum Gasteiger partial charge on any atom is -0.323 e. The van der Waals surface area contributed by atoms with Crippen molar-refractivity contribution in [2.24, 2.45) is 12.0 Å². The van der Waals surface area contributed by atoms with E-state index in [2.05, 4.69) is 30.9 Å². The standard InChI is InChI=1S/C22H16F5N7O/c1-34-11-13(19(33-34)22(25,26)27)20(35)30-21(28-16-9-5-4-8-15(16)24)29-18-10-17(31-32-18)12-6-2-3-7-14(12)23/h2-11H,1H3,(H3,28,29,30,31,32,35). The molecule has 35 heavy (non-hydrogen) atoms. The van der Waals surface area contributed by atoms with Crippen molar-refractivity contribution in [1.82, 2.24) is 25.3 Å². The fourth-order valence-corrected chi connectivity index (χ4v) is 3.12. The van der Waals surface area contributed by atoms with Gasteiger partial charge < -0.3 is 5.32 Å². The first kappa shape index (κ1) is 23.6. The van der Waals surface area contributed by atoms with Gasteiger partial charge in [-0.3, -0.25) is 19.9 Å². The van der Waals surface area contributed by atoms with E-state index in [0.717, 1.165) is 16.9 Å². The van der Waals surface area contributed by atoms with E-state index < -0.39 is 40.9 Å². The fraction of sp³-hybridized carbons (Fsp3) is 0.0909. The molecular weight excluding hydrogens is 473 g/mol. The van der Waals surface area contributed by atoms with E-state index in [4.69, 9.17) is 0 Å². The number of halogens is 5. The maximum absolute atomic E-state index is 14.2. The molecule has 0 aliphatic heterocycles. The van der Waals surface area contributed by atoms with E-state index in [1.54, 1.807) is 6.07 Å². The molecule has 0 spiro atoms. The van der Waals surface area contributed by atoms with Gasteiger partial charge in [0, 0.05) is 24.9 Å². The summed E-state index contributed by atoms with van der Waals surface area (Å²) in [6.45, 7) is 0. The lowest BCUT2D eigenvalue weighted by Gasteiger charge is -2.12. The van der Waals surface area contributed by atoms with Crippen molar-refractivity contribution in [3.63, 3.8) is 0 Å². The lowest BCUT2D eigenvalue weighted by molar-refractivity contribution is -0.141. The largest absolute Gasteiger partial charge is 0.435 e. The summed E-state index contributed by atoms with van der Waals surface area (Å²) in [5.41, 5.74) is -1.83. The first-order chi connectivity index (χ1) is 16.6. The molecule has 3 N–H and O–H groups in total. The summed E-state index contributed by atoms with van der Waals surface area (Å²) in [5, 5.41) is 14.5. The lowest BCUT2D eigenvalue weighted by atomic mass is 10.1. The maximum atomic E-state index is 14.2. The number of hydrogen-bond donors (Lipinski definition) is 3. The molecule has 13 heteroatoms. The molecule has 0 saturated heterocycles. The quantitative estimate of drug-likeness (QED) is 0.221. The van der Waals surface area contributed by atoms with Crippen LogP contribution in [0.4, 0.5) is 33.5 Å². The SMILES string of the molecule is Cn1cc(C(=O)NC(=Nc2cc(-c3ccccc3F)[nH]n2)Nc2ccccc2F)c(C(F)(F)F)n1. The van der Waals surface area contributed by atoms with Gasteiger partial charge in [0.1, 0.15) is 11.6 Å². The highest BCUT2D eigenvalue weighted by molar-refractivity contribution is 6.11. The molecule has 2 heterocycles. The van der Waals surface area contributed by atoms with Crippen LogP contribution < -0.4 is 10.6 Å². The monoisotopic (exact) mass is 489 g/mol. The third-order valence-corrected chi connectivity index (χ3v) is 4.66. The molecule has 0 saturated carbocycles. The van der Waals surface area contributed by atoms with Gasteiger partial charge in [0.05, 0.1) is 16.9 Å². The van der Waals surface area contributed by atoms with Gasteiger partial charge in [-0.25, -0.2) is 8.78 Å². The molecule has 0 aliphatic rings. The summed E-state index contributed by atoms with van der Waals surface area (Å²) in [6, 6.07) is 12.6. The number of guanidine groups is 1. The van der Waals surface area contributed by atoms with Gasteiger partial charge in [-0.15, -0.1) is 0 Å². The average molecular weight is 489 g/mol.